The maximum atomic E-state index is 13.2. The van der Waals surface area contributed by atoms with Gasteiger partial charge in [0.15, 0.2) is 0 Å². The highest BCUT2D eigenvalue weighted by Crippen LogP contribution is 2.32. The first-order valence-corrected chi connectivity index (χ1v) is 10.2. The molecule has 0 unspecified atom stereocenters. The summed E-state index contributed by atoms with van der Waals surface area (Å²) in [6.07, 6.45) is 1.22. The van der Waals surface area contributed by atoms with Crippen molar-refractivity contribution in [3.8, 4) is 0 Å². The van der Waals surface area contributed by atoms with Crippen molar-refractivity contribution in [2.45, 2.75) is 19.8 Å². The topological polar surface area (TPSA) is 43.9 Å². The molecule has 0 spiro atoms. The molecule has 2 aliphatic heterocycles. The van der Waals surface area contributed by atoms with Gasteiger partial charge >= 0.3 is 0 Å². The van der Waals surface area contributed by atoms with E-state index in [1.165, 1.54) is 0 Å². The molecule has 0 N–H and O–H groups in total. The zero-order valence-corrected chi connectivity index (χ0v) is 16.8. The molecule has 0 aliphatic carbocycles. The van der Waals surface area contributed by atoms with Crippen LogP contribution in [0.15, 0.2) is 42.5 Å². The van der Waals surface area contributed by atoms with Crippen LogP contribution in [0.3, 0.4) is 0 Å². The van der Waals surface area contributed by atoms with E-state index in [2.05, 4.69) is 4.90 Å². The number of piperazine rings is 1. The Kier molecular flexibility index (Phi) is 5.27. The highest BCUT2D eigenvalue weighted by Gasteiger charge is 2.30. The number of carbonyl (C=O) groups excluding carboxylic acids is 2. The van der Waals surface area contributed by atoms with Crippen LogP contribution in [-0.4, -0.2) is 49.4 Å². The summed E-state index contributed by atoms with van der Waals surface area (Å²) in [5.74, 6) is 0.179. The number of hydrogen-bond acceptors (Lipinski definition) is 3. The van der Waals surface area contributed by atoms with Gasteiger partial charge in [-0.1, -0.05) is 24.6 Å². The molecule has 0 atom stereocenters. The van der Waals surface area contributed by atoms with Crippen LogP contribution >= 0.6 is 11.6 Å². The van der Waals surface area contributed by atoms with Crippen LogP contribution in [0.2, 0.25) is 5.02 Å². The predicted molar refractivity (Wildman–Crippen MR) is 112 cm³/mol. The monoisotopic (exact) mass is 397 g/mol. The quantitative estimate of drug-likeness (QED) is 0.794. The third-order valence-electron chi connectivity index (χ3n) is 5.62. The second-order valence-electron chi connectivity index (χ2n) is 7.21. The Morgan fingerprint density at radius 3 is 2.36 bits per heavy atom. The van der Waals surface area contributed by atoms with Gasteiger partial charge in [0, 0.05) is 61.1 Å². The van der Waals surface area contributed by atoms with Crippen LogP contribution in [0.25, 0.3) is 0 Å². The van der Waals surface area contributed by atoms with Crippen LogP contribution in [0, 0.1) is 0 Å². The molecule has 0 bridgehead atoms. The van der Waals surface area contributed by atoms with E-state index < -0.39 is 0 Å². The molecule has 2 heterocycles. The molecule has 2 aliphatic rings. The zero-order chi connectivity index (χ0) is 19.7. The Balaban J connectivity index is 1.47. The summed E-state index contributed by atoms with van der Waals surface area (Å²) >= 11 is 5.97. The fraction of sp³-hybridized carbons (Fsp3) is 0.364. The second kappa shape index (κ2) is 7.84. The van der Waals surface area contributed by atoms with Gasteiger partial charge in [0.2, 0.25) is 5.91 Å². The van der Waals surface area contributed by atoms with E-state index in [-0.39, 0.29) is 11.8 Å². The molecular formula is C22H24ClN3O2. The number of benzene rings is 2. The van der Waals surface area contributed by atoms with Gasteiger partial charge in [0.25, 0.3) is 5.91 Å². The molecular weight excluding hydrogens is 374 g/mol. The molecule has 1 saturated heterocycles. The zero-order valence-electron chi connectivity index (χ0n) is 16.0. The van der Waals surface area contributed by atoms with Crippen molar-refractivity contribution in [2.24, 2.45) is 0 Å². The maximum Gasteiger partial charge on any atom is 0.254 e. The Labute approximate surface area is 170 Å². The first-order chi connectivity index (χ1) is 13.6. The second-order valence-corrected chi connectivity index (χ2v) is 7.64. The molecule has 6 heteroatoms. The van der Waals surface area contributed by atoms with E-state index in [1.54, 1.807) is 0 Å². The van der Waals surface area contributed by atoms with Crippen molar-refractivity contribution in [2.75, 3.05) is 42.5 Å². The fourth-order valence-electron chi connectivity index (χ4n) is 4.07. The molecule has 28 heavy (non-hydrogen) atoms. The average molecular weight is 398 g/mol. The summed E-state index contributed by atoms with van der Waals surface area (Å²) in [5, 5.41) is 0.728. The summed E-state index contributed by atoms with van der Waals surface area (Å²) in [6.45, 7) is 5.49. The normalized spacial score (nSPS) is 16.3. The summed E-state index contributed by atoms with van der Waals surface area (Å²) in [5.41, 5.74) is 3.78. The predicted octanol–water partition coefficient (Wildman–Crippen LogP) is 3.60. The third-order valence-corrected chi connectivity index (χ3v) is 5.87. The molecule has 2 amide bonds. The molecule has 0 radical (unpaired) electrons. The average Bonchev–Trinajstić information content (AvgIpc) is 3.17. The van der Waals surface area contributed by atoms with Crippen LogP contribution < -0.4 is 9.80 Å². The summed E-state index contributed by atoms with van der Waals surface area (Å²) in [4.78, 5) is 31.4. The van der Waals surface area contributed by atoms with E-state index in [4.69, 9.17) is 11.6 Å². The SMILES string of the molecule is CCC(=O)N1CCc2c(C(=O)N3CCN(c4ccc(Cl)cc4)CC3)cccc21. The summed E-state index contributed by atoms with van der Waals surface area (Å²) in [7, 11) is 0. The van der Waals surface area contributed by atoms with Gasteiger partial charge in [-0.25, -0.2) is 0 Å². The highest BCUT2D eigenvalue weighted by atomic mass is 35.5. The van der Waals surface area contributed by atoms with E-state index in [0.29, 0.717) is 26.1 Å². The van der Waals surface area contributed by atoms with Gasteiger partial charge < -0.3 is 14.7 Å². The lowest BCUT2D eigenvalue weighted by molar-refractivity contribution is -0.118. The van der Waals surface area contributed by atoms with E-state index in [1.807, 2.05) is 59.2 Å². The minimum absolute atomic E-state index is 0.0680. The van der Waals surface area contributed by atoms with Gasteiger partial charge in [-0.15, -0.1) is 0 Å². The number of rotatable bonds is 3. The number of carbonyl (C=O) groups is 2. The number of halogens is 1. The van der Waals surface area contributed by atoms with Crippen LogP contribution in [0.1, 0.15) is 29.3 Å². The molecule has 1 fully saturated rings. The van der Waals surface area contributed by atoms with Crippen molar-refractivity contribution in [1.29, 1.82) is 0 Å². The Morgan fingerprint density at radius 1 is 0.964 bits per heavy atom. The summed E-state index contributed by atoms with van der Waals surface area (Å²) < 4.78 is 0. The standard InChI is InChI=1S/C22H24ClN3O2/c1-2-21(27)26-11-10-18-19(4-3-5-20(18)26)22(28)25-14-12-24(13-15-25)17-8-6-16(23)7-9-17/h3-9H,2,10-15H2,1H3. The van der Waals surface area contributed by atoms with Gasteiger partial charge in [-0.2, -0.15) is 0 Å². The maximum absolute atomic E-state index is 13.2. The molecule has 4 rings (SSSR count). The van der Waals surface area contributed by atoms with Crippen molar-refractivity contribution in [1.82, 2.24) is 4.90 Å². The fourth-order valence-corrected chi connectivity index (χ4v) is 4.20. The molecule has 0 aromatic heterocycles. The van der Waals surface area contributed by atoms with Crippen LogP contribution in [0.4, 0.5) is 11.4 Å². The number of anilines is 2. The van der Waals surface area contributed by atoms with E-state index >= 15 is 0 Å². The van der Waals surface area contributed by atoms with E-state index in [9.17, 15) is 9.59 Å². The lowest BCUT2D eigenvalue weighted by Crippen LogP contribution is -2.49. The van der Waals surface area contributed by atoms with Gasteiger partial charge in [0.05, 0.1) is 0 Å². The third kappa shape index (κ3) is 3.47. The van der Waals surface area contributed by atoms with Crippen LogP contribution in [-0.2, 0) is 11.2 Å². The molecule has 146 valence electrons. The largest absolute Gasteiger partial charge is 0.368 e. The van der Waals surface area contributed by atoms with Gasteiger partial charge in [0.1, 0.15) is 0 Å². The Hall–Kier alpha value is -2.53. The van der Waals surface area contributed by atoms with Crippen molar-refractivity contribution in [3.63, 3.8) is 0 Å². The Bertz CT molecular complexity index is 889. The minimum Gasteiger partial charge on any atom is -0.368 e. The lowest BCUT2D eigenvalue weighted by Gasteiger charge is -2.36. The molecule has 2 aromatic carbocycles. The van der Waals surface area contributed by atoms with Crippen molar-refractivity contribution in [3.05, 3.63) is 58.6 Å². The van der Waals surface area contributed by atoms with Crippen LogP contribution in [0.5, 0.6) is 0 Å². The first kappa shape index (κ1) is 18.8. The first-order valence-electron chi connectivity index (χ1n) is 9.80. The van der Waals surface area contributed by atoms with Crippen molar-refractivity contribution >= 4 is 34.8 Å². The number of hydrogen-bond donors (Lipinski definition) is 0. The highest BCUT2D eigenvalue weighted by molar-refractivity contribution is 6.30. The minimum atomic E-state index is 0.0680. The molecule has 2 aromatic rings. The molecule has 5 nitrogen and oxygen atoms in total. The number of amides is 2. The van der Waals surface area contributed by atoms with Gasteiger partial charge in [-0.05, 0) is 48.4 Å². The Morgan fingerprint density at radius 2 is 1.68 bits per heavy atom. The van der Waals surface area contributed by atoms with Gasteiger partial charge in [-0.3, -0.25) is 9.59 Å². The lowest BCUT2D eigenvalue weighted by atomic mass is 10.0. The summed E-state index contributed by atoms with van der Waals surface area (Å²) in [6, 6.07) is 13.6. The number of fused-ring (bicyclic) bond motifs is 1. The molecule has 0 saturated carbocycles. The van der Waals surface area contributed by atoms with E-state index in [0.717, 1.165) is 47.0 Å². The number of nitrogens with zero attached hydrogens (tertiary/aromatic N) is 3. The smallest absolute Gasteiger partial charge is 0.254 e. The van der Waals surface area contributed by atoms with Crippen molar-refractivity contribution < 1.29 is 9.59 Å².